The zero-order chi connectivity index (χ0) is 14.8. The Bertz CT molecular complexity index is 849. The van der Waals surface area contributed by atoms with Crippen molar-refractivity contribution < 1.29 is 4.42 Å². The van der Waals surface area contributed by atoms with Gasteiger partial charge in [-0.2, -0.15) is 0 Å². The van der Waals surface area contributed by atoms with E-state index in [4.69, 9.17) is 4.42 Å². The minimum atomic E-state index is -0.309. The summed E-state index contributed by atoms with van der Waals surface area (Å²) in [6.45, 7) is 4.76. The van der Waals surface area contributed by atoms with Crippen LogP contribution in [0.3, 0.4) is 0 Å². The predicted octanol–water partition coefficient (Wildman–Crippen LogP) is 4.02. The van der Waals surface area contributed by atoms with Crippen LogP contribution in [-0.4, -0.2) is 0 Å². The lowest BCUT2D eigenvalue weighted by Gasteiger charge is -2.10. The molecule has 0 unspecified atom stereocenters. The Morgan fingerprint density at radius 3 is 2.62 bits per heavy atom. The van der Waals surface area contributed by atoms with Gasteiger partial charge < -0.3 is 9.73 Å². The number of anilines is 1. The molecule has 3 aromatic rings. The van der Waals surface area contributed by atoms with Gasteiger partial charge in [0.2, 0.25) is 0 Å². The summed E-state index contributed by atoms with van der Waals surface area (Å²) in [7, 11) is 0. The van der Waals surface area contributed by atoms with Gasteiger partial charge in [-0.05, 0) is 42.7 Å². The van der Waals surface area contributed by atoms with Gasteiger partial charge in [0, 0.05) is 29.8 Å². The van der Waals surface area contributed by atoms with Gasteiger partial charge in [0.15, 0.2) is 0 Å². The van der Waals surface area contributed by atoms with Gasteiger partial charge >= 0.3 is 5.63 Å². The molecule has 3 rings (SSSR count). The monoisotopic (exact) mass is 279 g/mol. The highest BCUT2D eigenvalue weighted by atomic mass is 16.4. The summed E-state index contributed by atoms with van der Waals surface area (Å²) in [5.41, 5.74) is 4.70. The van der Waals surface area contributed by atoms with Crippen LogP contribution in [0.5, 0.6) is 0 Å². The van der Waals surface area contributed by atoms with Crippen LogP contribution in [-0.2, 0) is 6.54 Å². The maximum atomic E-state index is 11.5. The van der Waals surface area contributed by atoms with Crippen molar-refractivity contribution in [1.29, 1.82) is 0 Å². The highest BCUT2D eigenvalue weighted by Crippen LogP contribution is 2.21. The number of fused-ring (bicyclic) bond motifs is 1. The van der Waals surface area contributed by atoms with Gasteiger partial charge in [-0.15, -0.1) is 0 Å². The molecule has 3 nitrogen and oxygen atoms in total. The number of rotatable bonds is 3. The SMILES string of the molecule is Cc1ccccc1CNc1ccc2c(C)cc(=O)oc2c1. The summed E-state index contributed by atoms with van der Waals surface area (Å²) in [6.07, 6.45) is 0. The molecule has 0 saturated carbocycles. The van der Waals surface area contributed by atoms with E-state index in [9.17, 15) is 4.79 Å². The van der Waals surface area contributed by atoms with Gasteiger partial charge in [-0.1, -0.05) is 24.3 Å². The van der Waals surface area contributed by atoms with E-state index in [2.05, 4.69) is 24.4 Å². The lowest BCUT2D eigenvalue weighted by Crippen LogP contribution is -2.02. The third-order valence-electron chi connectivity index (χ3n) is 3.70. The molecular weight excluding hydrogens is 262 g/mol. The van der Waals surface area contributed by atoms with Gasteiger partial charge in [-0.3, -0.25) is 0 Å². The van der Waals surface area contributed by atoms with E-state index in [0.717, 1.165) is 23.2 Å². The average molecular weight is 279 g/mol. The molecule has 21 heavy (non-hydrogen) atoms. The van der Waals surface area contributed by atoms with Gasteiger partial charge in [-0.25, -0.2) is 4.79 Å². The molecule has 0 spiro atoms. The van der Waals surface area contributed by atoms with E-state index in [1.807, 2.05) is 37.3 Å². The molecule has 1 aromatic heterocycles. The van der Waals surface area contributed by atoms with Gasteiger partial charge in [0.25, 0.3) is 0 Å². The number of nitrogens with one attached hydrogen (secondary N) is 1. The Kier molecular flexibility index (Phi) is 3.48. The first-order valence-electron chi connectivity index (χ1n) is 6.96. The van der Waals surface area contributed by atoms with Crippen molar-refractivity contribution in [3.8, 4) is 0 Å². The zero-order valence-electron chi connectivity index (χ0n) is 12.1. The molecule has 3 heteroatoms. The Morgan fingerprint density at radius 2 is 1.81 bits per heavy atom. The van der Waals surface area contributed by atoms with Gasteiger partial charge in [0.05, 0.1) is 0 Å². The van der Waals surface area contributed by atoms with E-state index in [0.29, 0.717) is 5.58 Å². The summed E-state index contributed by atoms with van der Waals surface area (Å²) in [6, 6.07) is 15.7. The van der Waals surface area contributed by atoms with Crippen LogP contribution in [0.1, 0.15) is 16.7 Å². The van der Waals surface area contributed by atoms with E-state index in [1.165, 1.54) is 17.2 Å². The maximum absolute atomic E-state index is 11.5. The fourth-order valence-corrected chi connectivity index (χ4v) is 2.44. The highest BCUT2D eigenvalue weighted by Gasteiger charge is 2.04. The van der Waals surface area contributed by atoms with E-state index in [1.54, 1.807) is 0 Å². The first-order chi connectivity index (χ1) is 10.1. The van der Waals surface area contributed by atoms with Crippen LogP contribution < -0.4 is 10.9 Å². The Balaban J connectivity index is 1.88. The largest absolute Gasteiger partial charge is 0.423 e. The van der Waals surface area contributed by atoms with Crippen molar-refractivity contribution in [1.82, 2.24) is 0 Å². The second kappa shape index (κ2) is 5.44. The fraction of sp³-hybridized carbons (Fsp3) is 0.167. The molecule has 0 aliphatic rings. The van der Waals surface area contributed by atoms with Crippen LogP contribution in [0.4, 0.5) is 5.69 Å². The highest BCUT2D eigenvalue weighted by molar-refractivity contribution is 5.83. The molecule has 1 heterocycles. The van der Waals surface area contributed by atoms with Crippen molar-refractivity contribution in [2.75, 3.05) is 5.32 Å². The summed E-state index contributed by atoms with van der Waals surface area (Å²) >= 11 is 0. The number of hydrogen-bond acceptors (Lipinski definition) is 3. The Morgan fingerprint density at radius 1 is 1.00 bits per heavy atom. The maximum Gasteiger partial charge on any atom is 0.336 e. The quantitative estimate of drug-likeness (QED) is 0.736. The second-order valence-electron chi connectivity index (χ2n) is 5.24. The lowest BCUT2D eigenvalue weighted by molar-refractivity contribution is 0.560. The lowest BCUT2D eigenvalue weighted by atomic mass is 10.1. The van der Waals surface area contributed by atoms with Crippen molar-refractivity contribution in [2.45, 2.75) is 20.4 Å². The minimum absolute atomic E-state index is 0.309. The molecule has 2 aromatic carbocycles. The van der Waals surface area contributed by atoms with Crippen molar-refractivity contribution in [3.05, 3.63) is 75.6 Å². The molecule has 0 atom stereocenters. The van der Waals surface area contributed by atoms with Crippen molar-refractivity contribution >= 4 is 16.7 Å². The third-order valence-corrected chi connectivity index (χ3v) is 3.70. The third kappa shape index (κ3) is 2.82. The summed E-state index contributed by atoms with van der Waals surface area (Å²) in [4.78, 5) is 11.5. The topological polar surface area (TPSA) is 42.2 Å². The van der Waals surface area contributed by atoms with Crippen LogP contribution in [0.25, 0.3) is 11.0 Å². The molecule has 0 aliphatic carbocycles. The van der Waals surface area contributed by atoms with Crippen LogP contribution in [0.2, 0.25) is 0 Å². The Hall–Kier alpha value is -2.55. The number of hydrogen-bond donors (Lipinski definition) is 1. The Labute approximate surface area is 123 Å². The zero-order valence-corrected chi connectivity index (χ0v) is 12.1. The minimum Gasteiger partial charge on any atom is -0.423 e. The molecule has 0 aliphatic heterocycles. The van der Waals surface area contributed by atoms with E-state index >= 15 is 0 Å². The summed E-state index contributed by atoms with van der Waals surface area (Å²) < 4.78 is 5.26. The molecule has 0 fully saturated rings. The van der Waals surface area contributed by atoms with E-state index in [-0.39, 0.29) is 5.63 Å². The van der Waals surface area contributed by atoms with Crippen LogP contribution in [0.15, 0.2) is 57.7 Å². The normalized spacial score (nSPS) is 10.8. The molecule has 1 N–H and O–H groups in total. The molecule has 0 amide bonds. The van der Waals surface area contributed by atoms with Crippen LogP contribution in [0, 0.1) is 13.8 Å². The smallest absolute Gasteiger partial charge is 0.336 e. The molecule has 0 saturated heterocycles. The van der Waals surface area contributed by atoms with E-state index < -0.39 is 0 Å². The average Bonchev–Trinajstić information content (AvgIpc) is 2.46. The number of aryl methyl sites for hydroxylation is 2. The fourth-order valence-electron chi connectivity index (χ4n) is 2.44. The van der Waals surface area contributed by atoms with Crippen molar-refractivity contribution in [3.63, 3.8) is 0 Å². The van der Waals surface area contributed by atoms with Crippen LogP contribution >= 0.6 is 0 Å². The predicted molar refractivity (Wildman–Crippen MR) is 85.7 cm³/mol. The second-order valence-corrected chi connectivity index (χ2v) is 5.24. The molecular formula is C18H17NO2. The molecule has 106 valence electrons. The molecule has 0 radical (unpaired) electrons. The van der Waals surface area contributed by atoms with Crippen molar-refractivity contribution in [2.24, 2.45) is 0 Å². The summed E-state index contributed by atoms with van der Waals surface area (Å²) in [5.74, 6) is 0. The first-order valence-corrected chi connectivity index (χ1v) is 6.96. The molecule has 0 bridgehead atoms. The number of benzene rings is 2. The first kappa shape index (κ1) is 13.4. The standard InChI is InChI=1S/C18H17NO2/c1-12-5-3-4-6-14(12)11-19-15-7-8-16-13(2)9-18(20)21-17(16)10-15/h3-10,19H,11H2,1-2H3. The summed E-state index contributed by atoms with van der Waals surface area (Å²) in [5, 5.41) is 4.34. The van der Waals surface area contributed by atoms with Gasteiger partial charge in [0.1, 0.15) is 5.58 Å².